The van der Waals surface area contributed by atoms with Gasteiger partial charge in [0.15, 0.2) is 0 Å². The van der Waals surface area contributed by atoms with Crippen LogP contribution in [0.4, 0.5) is 17.1 Å². The molecule has 0 bridgehead atoms. The standard InChI is InChI=1S/C45H35N3/c1-45(2)36-20-10-7-18-35(36)43-33-17-6-5-15-30(33)42(27-37(43)45)48(28-24-25-32-29-14-8-11-21-38(29)46(3)41(32)26-28)40-23-13-19-34-31-16-9-12-22-39(31)47(4)44(34)40/h5-27H,1-4H3. The van der Waals surface area contributed by atoms with Crippen molar-refractivity contribution in [2.24, 2.45) is 14.1 Å². The van der Waals surface area contributed by atoms with Crippen LogP contribution in [0.5, 0.6) is 0 Å². The third kappa shape index (κ3) is 3.48. The Morgan fingerprint density at radius 1 is 0.458 bits per heavy atom. The average molecular weight is 618 g/mol. The van der Waals surface area contributed by atoms with Crippen LogP contribution >= 0.6 is 0 Å². The summed E-state index contributed by atoms with van der Waals surface area (Å²) >= 11 is 0. The first-order chi connectivity index (χ1) is 23.4. The van der Waals surface area contributed by atoms with Gasteiger partial charge < -0.3 is 14.0 Å². The number of aryl methyl sites for hydroxylation is 2. The Hall–Kier alpha value is -5.80. The van der Waals surface area contributed by atoms with E-state index in [4.69, 9.17) is 0 Å². The largest absolute Gasteiger partial charge is 0.344 e. The van der Waals surface area contributed by atoms with Crippen molar-refractivity contribution in [3.8, 4) is 11.1 Å². The van der Waals surface area contributed by atoms with E-state index in [1.54, 1.807) is 0 Å². The van der Waals surface area contributed by atoms with Crippen molar-refractivity contribution in [1.82, 2.24) is 9.13 Å². The lowest BCUT2D eigenvalue weighted by Gasteiger charge is -2.30. The van der Waals surface area contributed by atoms with E-state index < -0.39 is 0 Å². The number of hydrogen-bond acceptors (Lipinski definition) is 1. The van der Waals surface area contributed by atoms with Crippen LogP contribution in [0.15, 0.2) is 140 Å². The summed E-state index contributed by atoms with van der Waals surface area (Å²) in [6.07, 6.45) is 0. The second-order valence-electron chi connectivity index (χ2n) is 13.9. The maximum absolute atomic E-state index is 2.53. The van der Waals surface area contributed by atoms with Crippen LogP contribution in [0.1, 0.15) is 25.0 Å². The van der Waals surface area contributed by atoms with E-state index in [0.29, 0.717) is 0 Å². The van der Waals surface area contributed by atoms with Crippen LogP contribution in [0, 0.1) is 0 Å². The molecular weight excluding hydrogens is 583 g/mol. The highest BCUT2D eigenvalue weighted by Gasteiger charge is 2.38. The smallest absolute Gasteiger partial charge is 0.0733 e. The predicted molar refractivity (Wildman–Crippen MR) is 204 cm³/mol. The fourth-order valence-corrected chi connectivity index (χ4v) is 8.81. The van der Waals surface area contributed by atoms with Crippen LogP contribution < -0.4 is 4.90 Å². The summed E-state index contributed by atoms with van der Waals surface area (Å²) < 4.78 is 4.71. The SMILES string of the molecule is Cn1c2ccccc2c2ccc(N(c3cc4c(c5ccccc35)-c3ccccc3C4(C)C)c3cccc4c5ccccc5n(C)c34)cc21. The number of rotatable bonds is 3. The van der Waals surface area contributed by atoms with Crippen molar-refractivity contribution in [1.29, 1.82) is 0 Å². The molecule has 2 heterocycles. The minimum atomic E-state index is -0.137. The van der Waals surface area contributed by atoms with Crippen molar-refractivity contribution in [2.45, 2.75) is 19.3 Å². The summed E-state index contributed by atoms with van der Waals surface area (Å²) in [5, 5.41) is 7.64. The van der Waals surface area contributed by atoms with E-state index in [9.17, 15) is 0 Å². The van der Waals surface area contributed by atoms with Crippen LogP contribution in [0.3, 0.4) is 0 Å². The van der Waals surface area contributed by atoms with Crippen molar-refractivity contribution >= 4 is 71.4 Å². The Bertz CT molecular complexity index is 2790. The minimum Gasteiger partial charge on any atom is -0.344 e. The highest BCUT2D eigenvalue weighted by molar-refractivity contribution is 6.16. The van der Waals surface area contributed by atoms with Gasteiger partial charge in [0, 0.05) is 63.2 Å². The third-order valence-electron chi connectivity index (χ3n) is 11.1. The molecule has 10 rings (SSSR count). The molecule has 1 aliphatic rings. The molecule has 0 N–H and O–H groups in total. The zero-order chi connectivity index (χ0) is 32.3. The second-order valence-corrected chi connectivity index (χ2v) is 13.9. The van der Waals surface area contributed by atoms with Crippen LogP contribution in [-0.4, -0.2) is 9.13 Å². The number of nitrogens with zero attached hydrogens (tertiary/aromatic N) is 3. The van der Waals surface area contributed by atoms with Gasteiger partial charge in [0.25, 0.3) is 0 Å². The second kappa shape index (κ2) is 9.62. The van der Waals surface area contributed by atoms with Crippen molar-refractivity contribution in [2.75, 3.05) is 4.90 Å². The number of hydrogen-bond donors (Lipinski definition) is 0. The maximum Gasteiger partial charge on any atom is 0.0733 e. The molecule has 0 spiro atoms. The quantitative estimate of drug-likeness (QED) is 0.192. The normalized spacial score (nSPS) is 13.6. The Labute approximate surface area is 279 Å². The fourth-order valence-electron chi connectivity index (χ4n) is 8.81. The van der Waals surface area contributed by atoms with Crippen LogP contribution in [-0.2, 0) is 19.5 Å². The molecule has 0 fully saturated rings. The van der Waals surface area contributed by atoms with Crippen LogP contribution in [0.25, 0.3) is 65.5 Å². The summed E-state index contributed by atoms with van der Waals surface area (Å²) in [5.74, 6) is 0. The predicted octanol–water partition coefficient (Wildman–Crippen LogP) is 11.9. The van der Waals surface area contributed by atoms with Gasteiger partial charge in [-0.25, -0.2) is 0 Å². The molecule has 0 saturated heterocycles. The number of aromatic nitrogens is 2. The van der Waals surface area contributed by atoms with Gasteiger partial charge in [0.1, 0.15) is 0 Å². The average Bonchev–Trinajstić information content (AvgIpc) is 3.67. The molecule has 0 radical (unpaired) electrons. The summed E-state index contributed by atoms with van der Waals surface area (Å²) in [6, 6.07) is 51.8. The molecule has 48 heavy (non-hydrogen) atoms. The number of para-hydroxylation sites is 3. The molecular formula is C45H35N3. The molecule has 1 aliphatic carbocycles. The van der Waals surface area contributed by atoms with Crippen LogP contribution in [0.2, 0.25) is 0 Å². The lowest BCUT2D eigenvalue weighted by atomic mass is 9.81. The topological polar surface area (TPSA) is 13.1 Å². The Morgan fingerprint density at radius 2 is 1.06 bits per heavy atom. The Balaban J connectivity index is 1.35. The van der Waals surface area contributed by atoms with Crippen molar-refractivity contribution in [3.05, 3.63) is 151 Å². The van der Waals surface area contributed by atoms with Gasteiger partial charge in [0.05, 0.1) is 22.4 Å². The zero-order valence-corrected chi connectivity index (χ0v) is 27.6. The van der Waals surface area contributed by atoms with Gasteiger partial charge in [0.2, 0.25) is 0 Å². The number of anilines is 3. The van der Waals surface area contributed by atoms with Crippen molar-refractivity contribution < 1.29 is 0 Å². The summed E-state index contributed by atoms with van der Waals surface area (Å²) in [7, 11) is 4.40. The lowest BCUT2D eigenvalue weighted by molar-refractivity contribution is 0.661. The van der Waals surface area contributed by atoms with Gasteiger partial charge >= 0.3 is 0 Å². The van der Waals surface area contributed by atoms with Gasteiger partial charge in [-0.1, -0.05) is 117 Å². The van der Waals surface area contributed by atoms with E-state index in [-0.39, 0.29) is 5.41 Å². The number of fused-ring (bicyclic) bond motifs is 11. The van der Waals surface area contributed by atoms with Gasteiger partial charge in [-0.2, -0.15) is 0 Å². The van der Waals surface area contributed by atoms with Gasteiger partial charge in [-0.05, 0) is 64.0 Å². The molecule has 0 saturated carbocycles. The van der Waals surface area contributed by atoms with Gasteiger partial charge in [-0.3, -0.25) is 0 Å². The Morgan fingerprint density at radius 3 is 1.85 bits per heavy atom. The lowest BCUT2D eigenvalue weighted by Crippen LogP contribution is -2.17. The van der Waals surface area contributed by atoms with Gasteiger partial charge in [-0.15, -0.1) is 0 Å². The van der Waals surface area contributed by atoms with E-state index in [0.717, 1.165) is 5.69 Å². The first-order valence-electron chi connectivity index (χ1n) is 16.8. The molecule has 0 aliphatic heterocycles. The zero-order valence-electron chi connectivity index (χ0n) is 27.6. The van der Waals surface area contributed by atoms with E-state index in [1.807, 2.05) is 0 Å². The highest BCUT2D eigenvalue weighted by Crippen LogP contribution is 2.55. The monoisotopic (exact) mass is 617 g/mol. The van der Waals surface area contributed by atoms with Crippen molar-refractivity contribution in [3.63, 3.8) is 0 Å². The molecule has 2 aromatic heterocycles. The summed E-state index contributed by atoms with van der Waals surface area (Å²) in [4.78, 5) is 2.53. The third-order valence-corrected chi connectivity index (χ3v) is 11.1. The molecule has 0 atom stereocenters. The minimum absolute atomic E-state index is 0.137. The molecule has 9 aromatic rings. The molecule has 0 unspecified atom stereocenters. The highest BCUT2D eigenvalue weighted by atomic mass is 15.2. The summed E-state index contributed by atoms with van der Waals surface area (Å²) in [6.45, 7) is 4.76. The van der Waals surface area contributed by atoms with E-state index in [1.165, 1.54) is 88.0 Å². The summed E-state index contributed by atoms with van der Waals surface area (Å²) in [5.41, 5.74) is 13.8. The molecule has 7 aromatic carbocycles. The maximum atomic E-state index is 2.53. The molecule has 3 heteroatoms. The van der Waals surface area contributed by atoms with E-state index >= 15 is 0 Å². The molecule has 230 valence electrons. The Kier molecular flexibility index (Phi) is 5.48. The molecule has 0 amide bonds. The first-order valence-corrected chi connectivity index (χ1v) is 16.8. The first kappa shape index (κ1) is 27.3. The fraction of sp³-hybridized carbons (Fsp3) is 0.111. The molecule has 3 nitrogen and oxygen atoms in total. The number of benzene rings is 7. The van der Waals surface area contributed by atoms with E-state index in [2.05, 4.69) is 182 Å².